The third kappa shape index (κ3) is 3.79. The summed E-state index contributed by atoms with van der Waals surface area (Å²) >= 11 is 1.05. The molecule has 0 N–H and O–H groups in total. The molecule has 0 saturated carbocycles. The van der Waals surface area contributed by atoms with E-state index >= 15 is 0 Å². The Hall–Kier alpha value is -2.88. The average Bonchev–Trinajstić information content (AvgIpc) is 3.37. The van der Waals surface area contributed by atoms with E-state index in [-0.39, 0.29) is 22.9 Å². The van der Waals surface area contributed by atoms with Gasteiger partial charge in [-0.3, -0.25) is 9.59 Å². The molecule has 2 heterocycles. The number of rotatable bonds is 6. The second-order valence-electron chi connectivity index (χ2n) is 6.73. The molecule has 2 amide bonds. The highest BCUT2D eigenvalue weighted by Gasteiger charge is 2.47. The predicted molar refractivity (Wildman–Crippen MR) is 111 cm³/mol. The van der Waals surface area contributed by atoms with E-state index in [1.54, 1.807) is 35.7 Å². The lowest BCUT2D eigenvalue weighted by molar-refractivity contribution is -0.122. The van der Waals surface area contributed by atoms with Gasteiger partial charge in [0.05, 0.1) is 12.1 Å². The summed E-state index contributed by atoms with van der Waals surface area (Å²) in [6, 6.07) is 15.7. The zero-order chi connectivity index (χ0) is 21.3. The van der Waals surface area contributed by atoms with Crippen molar-refractivity contribution in [3.05, 3.63) is 83.5 Å². The standard InChI is InChI=1S/C21H17FN2O4S2/c22-16-8-10-17(11-9-16)24-19(25)13-18(21(24)26)23(14-15-5-2-1-3-6-15)30(27,28)20-7-4-12-29-20/h1-12,18H,13-14H2. The number of benzene rings is 2. The van der Waals surface area contributed by atoms with Crippen molar-refractivity contribution < 1.29 is 22.4 Å². The normalized spacial score (nSPS) is 17.1. The molecule has 1 unspecified atom stereocenters. The van der Waals surface area contributed by atoms with Crippen molar-refractivity contribution in [2.24, 2.45) is 0 Å². The Kier molecular flexibility index (Phi) is 5.50. The Morgan fingerprint density at radius 3 is 2.33 bits per heavy atom. The van der Waals surface area contributed by atoms with Gasteiger partial charge in [0.15, 0.2) is 0 Å². The Morgan fingerprint density at radius 1 is 1.00 bits per heavy atom. The third-order valence-electron chi connectivity index (χ3n) is 4.79. The summed E-state index contributed by atoms with van der Waals surface area (Å²) in [5.74, 6) is -1.68. The van der Waals surface area contributed by atoms with Crippen molar-refractivity contribution in [3.63, 3.8) is 0 Å². The molecule has 1 atom stereocenters. The van der Waals surface area contributed by atoms with Crippen molar-refractivity contribution >= 4 is 38.9 Å². The molecule has 0 aliphatic carbocycles. The minimum absolute atomic E-state index is 0.0536. The molecule has 1 aliphatic rings. The van der Waals surface area contributed by atoms with Gasteiger partial charge in [-0.25, -0.2) is 17.7 Å². The van der Waals surface area contributed by atoms with Crippen LogP contribution in [0.25, 0.3) is 0 Å². The summed E-state index contributed by atoms with van der Waals surface area (Å²) in [5.41, 5.74) is 0.903. The van der Waals surface area contributed by atoms with Crippen LogP contribution in [0.3, 0.4) is 0 Å². The van der Waals surface area contributed by atoms with E-state index in [4.69, 9.17) is 0 Å². The molecule has 1 aliphatic heterocycles. The van der Waals surface area contributed by atoms with Crippen molar-refractivity contribution in [3.8, 4) is 0 Å². The number of halogens is 1. The van der Waals surface area contributed by atoms with E-state index < -0.39 is 33.7 Å². The van der Waals surface area contributed by atoms with Crippen LogP contribution in [0.15, 0.2) is 76.3 Å². The maximum Gasteiger partial charge on any atom is 0.253 e. The Morgan fingerprint density at radius 2 is 1.70 bits per heavy atom. The van der Waals surface area contributed by atoms with E-state index in [0.717, 1.165) is 32.7 Å². The fourth-order valence-electron chi connectivity index (χ4n) is 3.35. The number of sulfonamides is 1. The van der Waals surface area contributed by atoms with E-state index in [9.17, 15) is 22.4 Å². The average molecular weight is 445 g/mol. The zero-order valence-corrected chi connectivity index (χ0v) is 17.3. The van der Waals surface area contributed by atoms with Gasteiger partial charge in [0.2, 0.25) is 5.91 Å². The lowest BCUT2D eigenvalue weighted by atomic mass is 10.2. The molecule has 0 spiro atoms. The monoisotopic (exact) mass is 444 g/mol. The first kappa shape index (κ1) is 20.4. The van der Waals surface area contributed by atoms with Gasteiger partial charge in [-0.15, -0.1) is 11.3 Å². The number of carbonyl (C=O) groups is 2. The fourth-order valence-corrected chi connectivity index (χ4v) is 6.04. The molecular formula is C21H17FN2O4S2. The highest BCUT2D eigenvalue weighted by Crippen LogP contribution is 2.31. The lowest BCUT2D eigenvalue weighted by Crippen LogP contribution is -2.44. The van der Waals surface area contributed by atoms with Crippen LogP contribution in [0, 0.1) is 5.82 Å². The number of thiophene rings is 1. The number of nitrogens with zero attached hydrogens (tertiary/aromatic N) is 2. The molecule has 30 heavy (non-hydrogen) atoms. The largest absolute Gasteiger partial charge is 0.274 e. The summed E-state index contributed by atoms with van der Waals surface area (Å²) in [4.78, 5) is 26.7. The fraction of sp³-hybridized carbons (Fsp3) is 0.143. The number of carbonyl (C=O) groups excluding carboxylic acids is 2. The van der Waals surface area contributed by atoms with E-state index in [2.05, 4.69) is 0 Å². The Labute approximate surface area is 177 Å². The number of hydrogen-bond donors (Lipinski definition) is 0. The molecule has 9 heteroatoms. The van der Waals surface area contributed by atoms with Gasteiger partial charge < -0.3 is 0 Å². The van der Waals surface area contributed by atoms with E-state index in [1.807, 2.05) is 6.07 Å². The molecule has 3 aromatic rings. The molecule has 0 radical (unpaired) electrons. The summed E-state index contributed by atoms with van der Waals surface area (Å²) in [5, 5.41) is 1.64. The highest BCUT2D eigenvalue weighted by molar-refractivity contribution is 7.91. The Bertz CT molecular complexity index is 1160. The minimum Gasteiger partial charge on any atom is -0.274 e. The van der Waals surface area contributed by atoms with Crippen LogP contribution in [0.1, 0.15) is 12.0 Å². The summed E-state index contributed by atoms with van der Waals surface area (Å²) in [7, 11) is -4.02. The second-order valence-corrected chi connectivity index (χ2v) is 9.80. The SMILES string of the molecule is O=C1CC(N(Cc2ccccc2)S(=O)(=O)c2cccs2)C(=O)N1c1ccc(F)cc1. The first-order valence-corrected chi connectivity index (χ1v) is 11.4. The van der Waals surface area contributed by atoms with Gasteiger partial charge in [-0.05, 0) is 41.3 Å². The van der Waals surface area contributed by atoms with Crippen LogP contribution < -0.4 is 4.90 Å². The molecule has 4 rings (SSSR count). The van der Waals surface area contributed by atoms with Crippen LogP contribution in [-0.2, 0) is 26.2 Å². The first-order chi connectivity index (χ1) is 14.4. The van der Waals surface area contributed by atoms with Crippen LogP contribution in [0.2, 0.25) is 0 Å². The lowest BCUT2D eigenvalue weighted by Gasteiger charge is -2.26. The molecule has 154 valence electrons. The van der Waals surface area contributed by atoms with E-state index in [0.29, 0.717) is 5.56 Å². The van der Waals surface area contributed by atoms with Crippen LogP contribution in [0.4, 0.5) is 10.1 Å². The molecule has 1 saturated heterocycles. The highest BCUT2D eigenvalue weighted by atomic mass is 32.2. The van der Waals surface area contributed by atoms with Gasteiger partial charge in [-0.1, -0.05) is 36.4 Å². The molecule has 1 fully saturated rings. The van der Waals surface area contributed by atoms with Gasteiger partial charge in [0.1, 0.15) is 16.1 Å². The van der Waals surface area contributed by atoms with Gasteiger partial charge in [0, 0.05) is 6.54 Å². The number of imide groups is 1. The number of hydrogen-bond acceptors (Lipinski definition) is 5. The van der Waals surface area contributed by atoms with Crippen molar-refractivity contribution in [2.45, 2.75) is 23.2 Å². The van der Waals surface area contributed by atoms with Gasteiger partial charge >= 0.3 is 0 Å². The molecular weight excluding hydrogens is 427 g/mol. The van der Waals surface area contributed by atoms with E-state index in [1.165, 1.54) is 18.2 Å². The summed E-state index contributed by atoms with van der Waals surface area (Å²) in [6.07, 6.45) is -0.284. The predicted octanol–water partition coefficient (Wildman–Crippen LogP) is 3.41. The van der Waals surface area contributed by atoms with Crippen molar-refractivity contribution in [2.75, 3.05) is 4.90 Å². The zero-order valence-electron chi connectivity index (χ0n) is 15.6. The Balaban J connectivity index is 1.73. The van der Waals surface area contributed by atoms with Crippen molar-refractivity contribution in [1.29, 1.82) is 0 Å². The molecule has 2 aromatic carbocycles. The van der Waals surface area contributed by atoms with Gasteiger partial charge in [-0.2, -0.15) is 4.31 Å². The third-order valence-corrected chi connectivity index (χ3v) is 8.02. The summed E-state index contributed by atoms with van der Waals surface area (Å²) < 4.78 is 41.1. The van der Waals surface area contributed by atoms with Crippen LogP contribution >= 0.6 is 11.3 Å². The maximum absolute atomic E-state index is 13.3. The van der Waals surface area contributed by atoms with Crippen LogP contribution in [0.5, 0.6) is 0 Å². The van der Waals surface area contributed by atoms with Crippen LogP contribution in [-0.4, -0.2) is 30.6 Å². The number of amides is 2. The van der Waals surface area contributed by atoms with Gasteiger partial charge in [0.25, 0.3) is 15.9 Å². The quantitative estimate of drug-likeness (QED) is 0.546. The van der Waals surface area contributed by atoms with Crippen molar-refractivity contribution in [1.82, 2.24) is 4.31 Å². The minimum atomic E-state index is -4.02. The second kappa shape index (κ2) is 8.10. The number of anilines is 1. The summed E-state index contributed by atoms with van der Waals surface area (Å²) in [6.45, 7) is -0.0536. The molecule has 1 aromatic heterocycles. The smallest absolute Gasteiger partial charge is 0.253 e. The molecule has 6 nitrogen and oxygen atoms in total. The maximum atomic E-state index is 13.3. The molecule has 0 bridgehead atoms. The topological polar surface area (TPSA) is 74.8 Å². The first-order valence-electron chi connectivity index (χ1n) is 9.09.